The number of fused-ring (bicyclic) bond motifs is 1. The van der Waals surface area contributed by atoms with Gasteiger partial charge in [0.25, 0.3) is 0 Å². The van der Waals surface area contributed by atoms with E-state index in [0.29, 0.717) is 13.2 Å². The normalized spacial score (nSPS) is 31.2. The third-order valence-corrected chi connectivity index (χ3v) is 4.69. The van der Waals surface area contributed by atoms with Crippen molar-refractivity contribution in [3.8, 4) is 0 Å². The van der Waals surface area contributed by atoms with Crippen LogP contribution in [-0.2, 0) is 14.3 Å². The molecule has 1 heterocycles. The molecule has 1 aliphatic heterocycles. The number of hydrogen-bond acceptors (Lipinski definition) is 3. The summed E-state index contributed by atoms with van der Waals surface area (Å²) in [4.78, 5) is 12.9. The van der Waals surface area contributed by atoms with Gasteiger partial charge < -0.3 is 9.47 Å². The molecule has 0 atom stereocenters. The van der Waals surface area contributed by atoms with Crippen LogP contribution in [0.4, 0.5) is 0 Å². The molecule has 2 aliphatic carbocycles. The standard InChI is InChI=1S/C15H20O3/c1-13(2)10-6-5-7-11(10)15(17-8-9-18-15)14(3,4)12(13)16/h5,7H,6,8-9H2,1-4H3. The van der Waals surface area contributed by atoms with Gasteiger partial charge in [-0.2, -0.15) is 0 Å². The van der Waals surface area contributed by atoms with Crippen molar-refractivity contribution in [2.24, 2.45) is 10.8 Å². The summed E-state index contributed by atoms with van der Waals surface area (Å²) in [6, 6.07) is 0. The molecule has 18 heavy (non-hydrogen) atoms. The minimum absolute atomic E-state index is 0.208. The molecule has 1 spiro atoms. The smallest absolute Gasteiger partial charge is 0.207 e. The van der Waals surface area contributed by atoms with Crippen molar-refractivity contribution in [3.05, 3.63) is 23.3 Å². The van der Waals surface area contributed by atoms with E-state index >= 15 is 0 Å². The van der Waals surface area contributed by atoms with E-state index in [4.69, 9.17) is 9.47 Å². The van der Waals surface area contributed by atoms with E-state index in [1.54, 1.807) is 0 Å². The maximum Gasteiger partial charge on any atom is 0.207 e. The molecule has 0 bridgehead atoms. The van der Waals surface area contributed by atoms with Gasteiger partial charge in [0.05, 0.1) is 18.6 Å². The van der Waals surface area contributed by atoms with Gasteiger partial charge in [-0.1, -0.05) is 12.2 Å². The summed E-state index contributed by atoms with van der Waals surface area (Å²) < 4.78 is 11.8. The maximum atomic E-state index is 12.9. The van der Waals surface area contributed by atoms with Crippen molar-refractivity contribution in [3.63, 3.8) is 0 Å². The first-order valence-electron chi connectivity index (χ1n) is 6.57. The van der Waals surface area contributed by atoms with Crippen LogP contribution in [0.15, 0.2) is 23.3 Å². The highest BCUT2D eigenvalue weighted by atomic mass is 16.7. The van der Waals surface area contributed by atoms with Crippen LogP contribution in [0.2, 0.25) is 0 Å². The van der Waals surface area contributed by atoms with Gasteiger partial charge in [0.2, 0.25) is 5.79 Å². The minimum atomic E-state index is -0.859. The van der Waals surface area contributed by atoms with E-state index in [1.165, 1.54) is 0 Å². The van der Waals surface area contributed by atoms with Gasteiger partial charge in [-0.05, 0) is 39.7 Å². The third kappa shape index (κ3) is 1.14. The molecular weight excluding hydrogens is 228 g/mol. The summed E-state index contributed by atoms with van der Waals surface area (Å²) in [6.07, 6.45) is 5.02. The average Bonchev–Trinajstić information content (AvgIpc) is 2.95. The SMILES string of the molecule is CC1(C)C(=O)C(C)(C)C2(OCCO2)C2=C1CC=C2. The van der Waals surface area contributed by atoms with Crippen LogP contribution < -0.4 is 0 Å². The number of ketones is 1. The molecule has 3 nitrogen and oxygen atoms in total. The fraction of sp³-hybridized carbons (Fsp3) is 0.667. The van der Waals surface area contributed by atoms with Gasteiger partial charge in [0, 0.05) is 11.0 Å². The number of carbonyl (C=O) groups is 1. The van der Waals surface area contributed by atoms with Gasteiger partial charge in [-0.25, -0.2) is 0 Å². The third-order valence-electron chi connectivity index (χ3n) is 4.69. The molecule has 3 rings (SSSR count). The number of ether oxygens (including phenoxy) is 2. The lowest BCUT2D eigenvalue weighted by Crippen LogP contribution is -2.59. The second-order valence-corrected chi connectivity index (χ2v) is 6.39. The zero-order valence-corrected chi connectivity index (χ0v) is 11.5. The molecule has 0 aromatic heterocycles. The lowest BCUT2D eigenvalue weighted by molar-refractivity contribution is -0.208. The number of rotatable bonds is 0. The van der Waals surface area contributed by atoms with Crippen molar-refractivity contribution in [1.82, 2.24) is 0 Å². The first-order chi connectivity index (χ1) is 8.34. The van der Waals surface area contributed by atoms with E-state index in [1.807, 2.05) is 27.7 Å². The molecule has 3 aliphatic rings. The second-order valence-electron chi connectivity index (χ2n) is 6.39. The Bertz CT molecular complexity index is 474. The topological polar surface area (TPSA) is 35.5 Å². The van der Waals surface area contributed by atoms with Crippen molar-refractivity contribution >= 4 is 5.78 Å². The highest BCUT2D eigenvalue weighted by Crippen LogP contribution is 2.57. The molecule has 1 fully saturated rings. The van der Waals surface area contributed by atoms with Crippen LogP contribution >= 0.6 is 0 Å². The largest absolute Gasteiger partial charge is 0.343 e. The number of carbonyl (C=O) groups excluding carboxylic acids is 1. The molecular formula is C15H20O3. The highest BCUT2D eigenvalue weighted by molar-refractivity contribution is 5.96. The lowest BCUT2D eigenvalue weighted by Gasteiger charge is -2.50. The van der Waals surface area contributed by atoms with Crippen molar-refractivity contribution in [1.29, 1.82) is 0 Å². The summed E-state index contributed by atoms with van der Waals surface area (Å²) in [5.74, 6) is -0.651. The molecule has 0 saturated carbocycles. The van der Waals surface area contributed by atoms with Gasteiger partial charge in [-0.3, -0.25) is 4.79 Å². The molecule has 0 radical (unpaired) electrons. The maximum absolute atomic E-state index is 12.9. The summed E-state index contributed by atoms with van der Waals surface area (Å²) in [6.45, 7) is 9.03. The fourth-order valence-electron chi connectivity index (χ4n) is 3.74. The zero-order valence-electron chi connectivity index (χ0n) is 11.5. The van der Waals surface area contributed by atoms with Crippen LogP contribution in [0.5, 0.6) is 0 Å². The predicted molar refractivity (Wildman–Crippen MR) is 68.0 cm³/mol. The van der Waals surface area contributed by atoms with Gasteiger partial charge in [0.1, 0.15) is 0 Å². The molecule has 0 amide bonds. The average molecular weight is 248 g/mol. The number of Topliss-reactive ketones (excluding diaryl/α,β-unsaturated/α-hetero) is 1. The Balaban J connectivity index is 2.27. The number of allylic oxidation sites excluding steroid dienone is 2. The zero-order chi connectivity index (χ0) is 13.2. The first-order valence-corrected chi connectivity index (χ1v) is 6.57. The van der Waals surface area contributed by atoms with Crippen molar-refractivity contribution in [2.45, 2.75) is 39.9 Å². The van der Waals surface area contributed by atoms with Gasteiger partial charge in [-0.15, -0.1) is 0 Å². The molecule has 1 saturated heterocycles. The van der Waals surface area contributed by atoms with Gasteiger partial charge in [0.15, 0.2) is 5.78 Å². The monoisotopic (exact) mass is 248 g/mol. The first kappa shape index (κ1) is 12.1. The summed E-state index contributed by atoms with van der Waals surface area (Å²) in [5, 5.41) is 0. The van der Waals surface area contributed by atoms with E-state index < -0.39 is 16.6 Å². The Morgan fingerprint density at radius 2 is 1.72 bits per heavy atom. The fourth-order valence-corrected chi connectivity index (χ4v) is 3.74. The number of hydrogen-bond donors (Lipinski definition) is 0. The van der Waals surface area contributed by atoms with Crippen molar-refractivity contribution in [2.75, 3.05) is 13.2 Å². The molecule has 98 valence electrons. The summed E-state index contributed by atoms with van der Waals surface area (Å²) in [5.41, 5.74) is 1.16. The van der Waals surface area contributed by atoms with Crippen LogP contribution in [0.3, 0.4) is 0 Å². The highest BCUT2D eigenvalue weighted by Gasteiger charge is 2.64. The van der Waals surface area contributed by atoms with Gasteiger partial charge >= 0.3 is 0 Å². The van der Waals surface area contributed by atoms with Crippen molar-refractivity contribution < 1.29 is 14.3 Å². The van der Waals surface area contributed by atoms with Crippen LogP contribution in [0.1, 0.15) is 34.1 Å². The Labute approximate surface area is 108 Å². The van der Waals surface area contributed by atoms with E-state index in [9.17, 15) is 4.79 Å². The molecule has 0 aromatic rings. The Kier molecular flexibility index (Phi) is 2.25. The quantitative estimate of drug-likeness (QED) is 0.661. The van der Waals surface area contributed by atoms with Crippen LogP contribution in [0.25, 0.3) is 0 Å². The van der Waals surface area contributed by atoms with E-state index in [0.717, 1.165) is 17.6 Å². The van der Waals surface area contributed by atoms with Crippen LogP contribution in [-0.4, -0.2) is 24.8 Å². The Morgan fingerprint density at radius 1 is 1.11 bits per heavy atom. The molecule has 0 unspecified atom stereocenters. The second kappa shape index (κ2) is 3.34. The predicted octanol–water partition coefficient (Wildman–Crippen LogP) is 2.62. The minimum Gasteiger partial charge on any atom is -0.343 e. The van der Waals surface area contributed by atoms with Crippen LogP contribution in [0, 0.1) is 10.8 Å². The summed E-state index contributed by atoms with van der Waals surface area (Å²) >= 11 is 0. The molecule has 0 N–H and O–H groups in total. The Hall–Kier alpha value is -0.930. The molecule has 0 aromatic carbocycles. The summed E-state index contributed by atoms with van der Waals surface area (Å²) in [7, 11) is 0. The lowest BCUT2D eigenvalue weighted by atomic mass is 9.58. The Morgan fingerprint density at radius 3 is 2.33 bits per heavy atom. The van der Waals surface area contributed by atoms with E-state index in [2.05, 4.69) is 12.2 Å². The van der Waals surface area contributed by atoms with E-state index in [-0.39, 0.29) is 5.78 Å². The molecule has 3 heteroatoms.